The number of thiazole rings is 1. The van der Waals surface area contributed by atoms with Gasteiger partial charge in [-0.25, -0.2) is 4.98 Å². The van der Waals surface area contributed by atoms with E-state index in [2.05, 4.69) is 41.2 Å². The van der Waals surface area contributed by atoms with Crippen LogP contribution in [0.2, 0.25) is 0 Å². The molecule has 2 N–H and O–H groups in total. The maximum absolute atomic E-state index is 5.84. The molecule has 0 aliphatic heterocycles. The fraction of sp³-hybridized carbons (Fsp3) is 0.250. The van der Waals surface area contributed by atoms with Crippen molar-refractivity contribution in [2.75, 3.05) is 5.73 Å². The molecule has 20 heavy (non-hydrogen) atoms. The lowest BCUT2D eigenvalue weighted by Gasteiger charge is -2.06. The van der Waals surface area contributed by atoms with Crippen LogP contribution in [0.5, 0.6) is 0 Å². The molecular weight excluding hydrogens is 266 g/mol. The number of hydrogen-bond acceptors (Lipinski definition) is 4. The molecule has 0 fully saturated rings. The predicted octanol–water partition coefficient (Wildman–Crippen LogP) is 3.74. The Hall–Kier alpha value is -1.94. The number of aromatic nitrogens is 2. The van der Waals surface area contributed by atoms with Crippen molar-refractivity contribution in [3.63, 3.8) is 0 Å². The third-order valence-corrected chi connectivity index (χ3v) is 4.35. The van der Waals surface area contributed by atoms with Crippen LogP contribution >= 0.6 is 11.3 Å². The summed E-state index contributed by atoms with van der Waals surface area (Å²) in [5.41, 5.74) is 10.3. The number of rotatable bonds is 3. The second kappa shape index (κ2) is 5.21. The fourth-order valence-corrected chi connectivity index (χ4v) is 3.38. The van der Waals surface area contributed by atoms with Crippen molar-refractivity contribution in [3.05, 3.63) is 52.2 Å². The number of fused-ring (bicyclic) bond motifs is 1. The summed E-state index contributed by atoms with van der Waals surface area (Å²) in [5, 5.41) is 1.84. The van der Waals surface area contributed by atoms with E-state index in [9.17, 15) is 0 Å². The summed E-state index contributed by atoms with van der Waals surface area (Å²) in [6.45, 7) is 4.14. The Bertz CT molecular complexity index is 762. The van der Waals surface area contributed by atoms with Crippen LogP contribution in [0.3, 0.4) is 0 Å². The van der Waals surface area contributed by atoms with Crippen molar-refractivity contribution in [2.24, 2.45) is 0 Å². The zero-order chi connectivity index (χ0) is 14.1. The van der Waals surface area contributed by atoms with Crippen molar-refractivity contribution >= 4 is 27.4 Å². The smallest absolute Gasteiger partial charge is 0.180 e. The molecule has 0 aliphatic rings. The van der Waals surface area contributed by atoms with Gasteiger partial charge in [-0.1, -0.05) is 31.2 Å². The lowest BCUT2D eigenvalue weighted by molar-refractivity contribution is 1.02. The van der Waals surface area contributed by atoms with Gasteiger partial charge in [0.2, 0.25) is 0 Å². The molecule has 1 aromatic carbocycles. The van der Waals surface area contributed by atoms with Gasteiger partial charge in [0, 0.05) is 22.4 Å². The van der Waals surface area contributed by atoms with Gasteiger partial charge in [0.1, 0.15) is 0 Å². The first kappa shape index (κ1) is 13.1. The van der Waals surface area contributed by atoms with Crippen LogP contribution in [0.25, 0.3) is 10.9 Å². The van der Waals surface area contributed by atoms with Crippen LogP contribution in [0, 0.1) is 6.92 Å². The fourth-order valence-electron chi connectivity index (χ4n) is 2.44. The summed E-state index contributed by atoms with van der Waals surface area (Å²) >= 11 is 1.59. The highest BCUT2D eigenvalue weighted by Crippen LogP contribution is 2.27. The van der Waals surface area contributed by atoms with Crippen LogP contribution in [-0.2, 0) is 12.8 Å². The Morgan fingerprint density at radius 3 is 2.80 bits per heavy atom. The number of nitrogen functional groups attached to an aromatic ring is 1. The van der Waals surface area contributed by atoms with Gasteiger partial charge in [-0.2, -0.15) is 0 Å². The Balaban J connectivity index is 2.08. The maximum atomic E-state index is 5.84. The molecule has 0 radical (unpaired) electrons. The minimum absolute atomic E-state index is 0.654. The quantitative estimate of drug-likeness (QED) is 0.796. The van der Waals surface area contributed by atoms with Crippen LogP contribution in [-0.4, -0.2) is 9.97 Å². The summed E-state index contributed by atoms with van der Waals surface area (Å²) in [6, 6.07) is 10.5. The van der Waals surface area contributed by atoms with E-state index in [1.54, 1.807) is 11.3 Å². The highest BCUT2D eigenvalue weighted by Gasteiger charge is 2.11. The van der Waals surface area contributed by atoms with Crippen molar-refractivity contribution in [1.29, 1.82) is 0 Å². The second-order valence-electron chi connectivity index (χ2n) is 4.89. The lowest BCUT2D eigenvalue weighted by atomic mass is 10.0. The van der Waals surface area contributed by atoms with E-state index < -0.39 is 0 Å². The normalized spacial score (nSPS) is 11.1. The molecular formula is C16H17N3S. The molecule has 3 nitrogen and oxygen atoms in total. The summed E-state index contributed by atoms with van der Waals surface area (Å²) in [6.07, 6.45) is 1.77. The average molecular weight is 283 g/mol. The first-order chi connectivity index (χ1) is 9.67. The molecule has 0 unspecified atom stereocenters. The monoisotopic (exact) mass is 283 g/mol. The number of nitrogens with two attached hydrogens (primary N) is 1. The molecule has 0 amide bonds. The maximum Gasteiger partial charge on any atom is 0.180 e. The van der Waals surface area contributed by atoms with Gasteiger partial charge in [0.25, 0.3) is 0 Å². The summed E-state index contributed by atoms with van der Waals surface area (Å²) in [7, 11) is 0. The first-order valence-corrected chi connectivity index (χ1v) is 7.58. The number of hydrogen-bond donors (Lipinski definition) is 1. The van der Waals surface area contributed by atoms with Crippen LogP contribution in [0.4, 0.5) is 5.13 Å². The molecule has 0 bridgehead atoms. The molecule has 3 aromatic rings. The standard InChI is InChI=1S/C16H17N3S/c1-3-13-14(20-16(17)19-13)9-12-6-4-5-11-8-7-10(2)18-15(11)12/h4-8H,3,9H2,1-2H3,(H2,17,19). The minimum Gasteiger partial charge on any atom is -0.375 e. The van der Waals surface area contributed by atoms with Gasteiger partial charge >= 0.3 is 0 Å². The average Bonchev–Trinajstić information content (AvgIpc) is 2.79. The van der Waals surface area contributed by atoms with E-state index in [1.165, 1.54) is 15.8 Å². The molecule has 2 heterocycles. The molecule has 0 spiro atoms. The topological polar surface area (TPSA) is 51.8 Å². The predicted molar refractivity (Wildman–Crippen MR) is 85.2 cm³/mol. The van der Waals surface area contributed by atoms with Gasteiger partial charge in [-0.05, 0) is 25.0 Å². The second-order valence-corrected chi connectivity index (χ2v) is 6.01. The van der Waals surface area contributed by atoms with Crippen LogP contribution in [0.15, 0.2) is 30.3 Å². The Labute approximate surface area is 122 Å². The number of benzene rings is 1. The van der Waals surface area contributed by atoms with Gasteiger partial charge in [0.15, 0.2) is 5.13 Å². The van der Waals surface area contributed by atoms with Crippen molar-refractivity contribution in [2.45, 2.75) is 26.7 Å². The summed E-state index contributed by atoms with van der Waals surface area (Å²) in [4.78, 5) is 10.3. The van der Waals surface area contributed by atoms with Crippen molar-refractivity contribution in [3.8, 4) is 0 Å². The SMILES string of the molecule is CCc1nc(N)sc1Cc1cccc2ccc(C)nc12. The molecule has 3 rings (SSSR count). The van der Waals surface area contributed by atoms with E-state index >= 15 is 0 Å². The summed E-state index contributed by atoms with van der Waals surface area (Å²) < 4.78 is 0. The molecule has 0 aliphatic carbocycles. The van der Waals surface area contributed by atoms with Gasteiger partial charge in [-0.3, -0.25) is 4.98 Å². The highest BCUT2D eigenvalue weighted by molar-refractivity contribution is 7.15. The third kappa shape index (κ3) is 2.39. The van der Waals surface area contributed by atoms with Gasteiger partial charge < -0.3 is 5.73 Å². The number of pyridine rings is 1. The zero-order valence-corrected chi connectivity index (χ0v) is 12.5. The van der Waals surface area contributed by atoms with Crippen LogP contribution in [0.1, 0.15) is 28.8 Å². The molecule has 2 aromatic heterocycles. The molecule has 0 saturated heterocycles. The van der Waals surface area contributed by atoms with Crippen LogP contribution < -0.4 is 5.73 Å². The number of nitrogens with zero attached hydrogens (tertiary/aromatic N) is 2. The van der Waals surface area contributed by atoms with Crippen molar-refractivity contribution < 1.29 is 0 Å². The molecule has 0 atom stereocenters. The van der Waals surface area contributed by atoms with E-state index in [4.69, 9.17) is 5.73 Å². The highest BCUT2D eigenvalue weighted by atomic mass is 32.1. The van der Waals surface area contributed by atoms with Gasteiger partial charge in [-0.15, -0.1) is 11.3 Å². The lowest BCUT2D eigenvalue weighted by Crippen LogP contribution is -1.94. The first-order valence-electron chi connectivity index (χ1n) is 6.76. The van der Waals surface area contributed by atoms with E-state index in [1.807, 2.05) is 13.0 Å². The molecule has 102 valence electrons. The number of anilines is 1. The summed E-state index contributed by atoms with van der Waals surface area (Å²) in [5.74, 6) is 0. The van der Waals surface area contributed by atoms with E-state index in [0.717, 1.165) is 29.7 Å². The largest absolute Gasteiger partial charge is 0.375 e. The Morgan fingerprint density at radius 2 is 2.00 bits per heavy atom. The third-order valence-electron chi connectivity index (χ3n) is 3.42. The van der Waals surface area contributed by atoms with E-state index in [-0.39, 0.29) is 0 Å². The Kier molecular flexibility index (Phi) is 3.40. The van der Waals surface area contributed by atoms with Gasteiger partial charge in [0.05, 0.1) is 11.2 Å². The van der Waals surface area contributed by atoms with E-state index in [0.29, 0.717) is 5.13 Å². The molecule has 4 heteroatoms. The van der Waals surface area contributed by atoms with Crippen molar-refractivity contribution in [1.82, 2.24) is 9.97 Å². The zero-order valence-electron chi connectivity index (χ0n) is 11.7. The number of aryl methyl sites for hydroxylation is 2. The Morgan fingerprint density at radius 1 is 1.15 bits per heavy atom. The minimum atomic E-state index is 0.654. The number of para-hydroxylation sites is 1. The molecule has 0 saturated carbocycles.